The molecule has 30 heavy (non-hydrogen) atoms. The molecule has 8 heteroatoms. The van der Waals surface area contributed by atoms with Gasteiger partial charge in [-0.2, -0.15) is 0 Å². The number of hydrogen-bond acceptors (Lipinski definition) is 5. The smallest absolute Gasteiger partial charge is 0.319 e. The zero-order chi connectivity index (χ0) is 20.8. The lowest BCUT2D eigenvalue weighted by Crippen LogP contribution is -2.48. The Labute approximate surface area is 179 Å². The molecule has 1 saturated heterocycles. The van der Waals surface area contributed by atoms with Crippen LogP contribution in [0.1, 0.15) is 11.4 Å². The molecule has 0 spiro atoms. The number of anilines is 1. The first-order valence-electron chi connectivity index (χ1n) is 10.1. The van der Waals surface area contributed by atoms with Crippen LogP contribution in [0.5, 0.6) is 0 Å². The molecular formula is C22H25N5O2S. The van der Waals surface area contributed by atoms with Crippen molar-refractivity contribution in [2.24, 2.45) is 0 Å². The van der Waals surface area contributed by atoms with Gasteiger partial charge in [-0.05, 0) is 24.3 Å². The number of aromatic nitrogens is 1. The molecule has 0 bridgehead atoms. The summed E-state index contributed by atoms with van der Waals surface area (Å²) >= 11 is 1.73. The molecule has 1 aliphatic rings. The molecule has 0 radical (unpaired) electrons. The van der Waals surface area contributed by atoms with E-state index >= 15 is 0 Å². The number of benzene rings is 2. The van der Waals surface area contributed by atoms with Crippen LogP contribution in [-0.4, -0.2) is 59.4 Å². The van der Waals surface area contributed by atoms with Gasteiger partial charge in [-0.25, -0.2) is 9.78 Å². The molecule has 3 aromatic rings. The van der Waals surface area contributed by atoms with E-state index in [0.29, 0.717) is 26.1 Å². The summed E-state index contributed by atoms with van der Waals surface area (Å²) in [5.41, 5.74) is 1.78. The maximum atomic E-state index is 12.4. The SMILES string of the molecule is O=C(NCCC(=O)N1CCN(Cc2nc3ccccc3s2)CC1)Nc1ccccc1. The van der Waals surface area contributed by atoms with E-state index < -0.39 is 0 Å². The van der Waals surface area contributed by atoms with Gasteiger partial charge < -0.3 is 15.5 Å². The molecule has 156 valence electrons. The summed E-state index contributed by atoms with van der Waals surface area (Å²) in [6.07, 6.45) is 0.306. The molecule has 0 atom stereocenters. The summed E-state index contributed by atoms with van der Waals surface area (Å²) < 4.78 is 1.21. The largest absolute Gasteiger partial charge is 0.340 e. The number of nitrogens with one attached hydrogen (secondary N) is 2. The second-order valence-corrected chi connectivity index (χ2v) is 8.34. The van der Waals surface area contributed by atoms with Crippen LogP contribution in [0.3, 0.4) is 0 Å². The van der Waals surface area contributed by atoms with E-state index in [4.69, 9.17) is 4.98 Å². The lowest BCUT2D eigenvalue weighted by Gasteiger charge is -2.34. The Morgan fingerprint density at radius 3 is 2.47 bits per heavy atom. The average molecular weight is 424 g/mol. The maximum absolute atomic E-state index is 12.4. The van der Waals surface area contributed by atoms with E-state index in [9.17, 15) is 9.59 Å². The van der Waals surface area contributed by atoms with E-state index in [-0.39, 0.29) is 11.9 Å². The van der Waals surface area contributed by atoms with Gasteiger partial charge in [0.05, 0.1) is 16.8 Å². The van der Waals surface area contributed by atoms with Gasteiger partial charge >= 0.3 is 6.03 Å². The van der Waals surface area contributed by atoms with Crippen molar-refractivity contribution in [3.63, 3.8) is 0 Å². The van der Waals surface area contributed by atoms with Gasteiger partial charge in [0.1, 0.15) is 5.01 Å². The van der Waals surface area contributed by atoms with Crippen molar-refractivity contribution in [3.8, 4) is 0 Å². The fourth-order valence-electron chi connectivity index (χ4n) is 3.47. The second kappa shape index (κ2) is 9.69. The minimum absolute atomic E-state index is 0.0784. The molecule has 1 aliphatic heterocycles. The first kappa shape index (κ1) is 20.3. The van der Waals surface area contributed by atoms with E-state index in [1.165, 1.54) is 4.70 Å². The summed E-state index contributed by atoms with van der Waals surface area (Å²) in [5.74, 6) is 0.0784. The Morgan fingerprint density at radius 2 is 1.70 bits per heavy atom. The van der Waals surface area contributed by atoms with Gasteiger partial charge in [-0.1, -0.05) is 30.3 Å². The van der Waals surface area contributed by atoms with E-state index in [1.807, 2.05) is 53.4 Å². The zero-order valence-electron chi connectivity index (χ0n) is 16.7. The number of urea groups is 1. The topological polar surface area (TPSA) is 77.6 Å². The number of fused-ring (bicyclic) bond motifs is 1. The zero-order valence-corrected chi connectivity index (χ0v) is 17.5. The van der Waals surface area contributed by atoms with E-state index in [0.717, 1.165) is 35.8 Å². The highest BCUT2D eigenvalue weighted by molar-refractivity contribution is 7.18. The van der Waals surface area contributed by atoms with Gasteiger partial charge in [0.25, 0.3) is 0 Å². The van der Waals surface area contributed by atoms with Crippen molar-refractivity contribution in [1.82, 2.24) is 20.1 Å². The Balaban J connectivity index is 1.16. The summed E-state index contributed by atoms with van der Waals surface area (Å²) in [5, 5.41) is 6.60. The predicted octanol–water partition coefficient (Wildman–Crippen LogP) is 3.15. The van der Waals surface area contributed by atoms with Gasteiger partial charge in [0, 0.05) is 44.8 Å². The number of amides is 3. The van der Waals surface area contributed by atoms with Crippen LogP contribution in [0.2, 0.25) is 0 Å². The number of thiazole rings is 1. The standard InChI is InChI=1S/C22H25N5O2S/c28-21(10-11-23-22(29)24-17-6-2-1-3-7-17)27-14-12-26(13-15-27)16-20-25-18-8-4-5-9-19(18)30-20/h1-9H,10-16H2,(H2,23,24,29). The van der Waals surface area contributed by atoms with E-state index in [2.05, 4.69) is 21.6 Å². The average Bonchev–Trinajstić information content (AvgIpc) is 3.17. The number of piperazine rings is 1. The van der Waals surface area contributed by atoms with Crippen molar-refractivity contribution in [2.75, 3.05) is 38.0 Å². The minimum atomic E-state index is -0.297. The number of para-hydroxylation sites is 2. The molecule has 2 heterocycles. The van der Waals surface area contributed by atoms with Crippen LogP contribution in [0.4, 0.5) is 10.5 Å². The van der Waals surface area contributed by atoms with Crippen LogP contribution in [0.15, 0.2) is 54.6 Å². The van der Waals surface area contributed by atoms with Crippen molar-refractivity contribution in [1.29, 1.82) is 0 Å². The second-order valence-electron chi connectivity index (χ2n) is 7.23. The lowest BCUT2D eigenvalue weighted by atomic mass is 10.2. The van der Waals surface area contributed by atoms with Gasteiger partial charge in [0.2, 0.25) is 5.91 Å². The molecule has 2 N–H and O–H groups in total. The summed E-state index contributed by atoms with van der Waals surface area (Å²) in [4.78, 5) is 33.3. The lowest BCUT2D eigenvalue weighted by molar-refractivity contribution is -0.132. The molecule has 0 aliphatic carbocycles. The number of nitrogens with zero attached hydrogens (tertiary/aromatic N) is 3. The first-order chi connectivity index (χ1) is 14.7. The number of rotatable bonds is 6. The van der Waals surface area contributed by atoms with Crippen LogP contribution >= 0.6 is 11.3 Å². The van der Waals surface area contributed by atoms with Gasteiger partial charge in [0.15, 0.2) is 0 Å². The van der Waals surface area contributed by atoms with Gasteiger partial charge in [-0.3, -0.25) is 9.69 Å². The Kier molecular flexibility index (Phi) is 6.56. The van der Waals surface area contributed by atoms with Crippen molar-refractivity contribution < 1.29 is 9.59 Å². The number of carbonyl (C=O) groups is 2. The number of hydrogen-bond donors (Lipinski definition) is 2. The molecule has 3 amide bonds. The fourth-order valence-corrected chi connectivity index (χ4v) is 4.48. The fraction of sp³-hybridized carbons (Fsp3) is 0.318. The summed E-state index contributed by atoms with van der Waals surface area (Å²) in [7, 11) is 0. The van der Waals surface area contributed by atoms with Gasteiger partial charge in [-0.15, -0.1) is 11.3 Å². The molecular weight excluding hydrogens is 398 g/mol. The third-order valence-corrected chi connectivity index (χ3v) is 6.10. The first-order valence-corrected chi connectivity index (χ1v) is 10.9. The van der Waals surface area contributed by atoms with Crippen LogP contribution in [0.25, 0.3) is 10.2 Å². The molecule has 1 fully saturated rings. The molecule has 7 nitrogen and oxygen atoms in total. The molecule has 0 unspecified atom stereocenters. The normalized spacial score (nSPS) is 14.6. The highest BCUT2D eigenvalue weighted by atomic mass is 32.1. The van der Waals surface area contributed by atoms with Crippen molar-refractivity contribution in [2.45, 2.75) is 13.0 Å². The van der Waals surface area contributed by atoms with Crippen LogP contribution < -0.4 is 10.6 Å². The van der Waals surface area contributed by atoms with Crippen molar-refractivity contribution in [3.05, 3.63) is 59.6 Å². The Bertz CT molecular complexity index is 966. The summed E-state index contributed by atoms with van der Waals surface area (Å²) in [6.45, 7) is 4.24. The number of carbonyl (C=O) groups excluding carboxylic acids is 2. The molecule has 1 aromatic heterocycles. The highest BCUT2D eigenvalue weighted by Crippen LogP contribution is 2.23. The third-order valence-electron chi connectivity index (χ3n) is 5.08. The maximum Gasteiger partial charge on any atom is 0.319 e. The predicted molar refractivity (Wildman–Crippen MR) is 120 cm³/mol. The highest BCUT2D eigenvalue weighted by Gasteiger charge is 2.21. The minimum Gasteiger partial charge on any atom is -0.340 e. The van der Waals surface area contributed by atoms with Crippen LogP contribution in [-0.2, 0) is 11.3 Å². The van der Waals surface area contributed by atoms with E-state index in [1.54, 1.807) is 11.3 Å². The molecule has 0 saturated carbocycles. The Hall–Kier alpha value is -2.97. The van der Waals surface area contributed by atoms with Crippen LogP contribution in [0, 0.1) is 0 Å². The molecule has 2 aromatic carbocycles. The quantitative estimate of drug-likeness (QED) is 0.639. The monoisotopic (exact) mass is 423 g/mol. The molecule has 4 rings (SSSR count). The van der Waals surface area contributed by atoms with Crippen molar-refractivity contribution >= 4 is 39.2 Å². The Morgan fingerprint density at radius 1 is 0.967 bits per heavy atom. The summed E-state index contributed by atoms with van der Waals surface area (Å²) in [6, 6.07) is 17.1. The third kappa shape index (κ3) is 5.34.